The lowest BCUT2D eigenvalue weighted by atomic mass is 10.0. The minimum atomic E-state index is -4.86. The van der Waals surface area contributed by atoms with Gasteiger partial charge in [0.15, 0.2) is 0 Å². The molecule has 116 valence electrons. The number of hydrogen-bond donors (Lipinski definition) is 1. The Morgan fingerprint density at radius 3 is 2.59 bits per heavy atom. The van der Waals surface area contributed by atoms with E-state index < -0.39 is 30.4 Å². The summed E-state index contributed by atoms with van der Waals surface area (Å²) in [5.41, 5.74) is 0.255. The molecule has 1 aromatic carbocycles. The zero-order valence-corrected chi connectivity index (χ0v) is 10.9. The number of carboxylic acid groups (broad SMARTS) is 1. The van der Waals surface area contributed by atoms with Crippen LogP contribution in [0.15, 0.2) is 36.4 Å². The van der Waals surface area contributed by atoms with Crippen molar-refractivity contribution in [1.82, 2.24) is 4.98 Å². The van der Waals surface area contributed by atoms with Gasteiger partial charge in [-0.15, -0.1) is 13.2 Å². The quantitative estimate of drug-likeness (QED) is 0.694. The average molecular weight is 315 g/mol. The highest BCUT2D eigenvalue weighted by Gasteiger charge is 2.31. The molecule has 2 aromatic rings. The molecule has 0 aliphatic rings. The first-order valence-electron chi connectivity index (χ1n) is 5.98. The monoisotopic (exact) mass is 315 g/mol. The molecular weight excluding hydrogens is 306 g/mol. The number of aliphatic carboxylic acids is 1. The lowest BCUT2D eigenvalue weighted by Gasteiger charge is -2.11. The molecule has 0 aliphatic carbocycles. The number of hydrogen-bond acceptors (Lipinski definition) is 3. The SMILES string of the molecule is O=C(O)Cc1ccc(F)nc1-c1cccc(OC(F)(F)F)c1. The molecule has 8 heteroatoms. The van der Waals surface area contributed by atoms with Crippen molar-refractivity contribution in [2.24, 2.45) is 0 Å². The zero-order valence-electron chi connectivity index (χ0n) is 10.9. The maximum atomic E-state index is 13.3. The fourth-order valence-corrected chi connectivity index (χ4v) is 1.86. The molecule has 0 saturated heterocycles. The summed E-state index contributed by atoms with van der Waals surface area (Å²) in [6.45, 7) is 0. The molecule has 4 nitrogen and oxygen atoms in total. The van der Waals surface area contributed by atoms with E-state index in [1.54, 1.807) is 0 Å². The normalized spacial score (nSPS) is 11.3. The van der Waals surface area contributed by atoms with Gasteiger partial charge in [0.2, 0.25) is 5.95 Å². The van der Waals surface area contributed by atoms with E-state index in [-0.39, 0.29) is 16.8 Å². The molecule has 0 fully saturated rings. The minimum absolute atomic E-state index is 0.0463. The Morgan fingerprint density at radius 2 is 1.95 bits per heavy atom. The molecule has 0 saturated carbocycles. The molecule has 1 N–H and O–H groups in total. The van der Waals surface area contributed by atoms with E-state index >= 15 is 0 Å². The standard InChI is InChI=1S/C14H9F4NO3/c15-11-5-4-9(7-12(20)21)13(19-11)8-2-1-3-10(6-8)22-14(16,17)18/h1-6H,7H2,(H,20,21). The first-order valence-corrected chi connectivity index (χ1v) is 5.98. The lowest BCUT2D eigenvalue weighted by molar-refractivity contribution is -0.274. The highest BCUT2D eigenvalue weighted by Crippen LogP contribution is 2.29. The second-order valence-electron chi connectivity index (χ2n) is 4.29. The summed E-state index contributed by atoms with van der Waals surface area (Å²) in [6, 6.07) is 6.96. The highest BCUT2D eigenvalue weighted by atomic mass is 19.4. The lowest BCUT2D eigenvalue weighted by Crippen LogP contribution is -2.17. The Hall–Kier alpha value is -2.64. The van der Waals surface area contributed by atoms with Crippen LogP contribution in [0.4, 0.5) is 17.6 Å². The van der Waals surface area contributed by atoms with E-state index in [9.17, 15) is 22.4 Å². The van der Waals surface area contributed by atoms with Gasteiger partial charge in [-0.3, -0.25) is 4.79 Å². The molecule has 0 aliphatic heterocycles. The van der Waals surface area contributed by atoms with E-state index in [0.29, 0.717) is 0 Å². The van der Waals surface area contributed by atoms with E-state index in [0.717, 1.165) is 18.2 Å². The molecular formula is C14H9F4NO3. The van der Waals surface area contributed by atoms with Crippen molar-refractivity contribution in [3.05, 3.63) is 47.9 Å². The molecule has 0 radical (unpaired) electrons. The summed E-state index contributed by atoms with van der Waals surface area (Å²) in [4.78, 5) is 14.4. The fourth-order valence-electron chi connectivity index (χ4n) is 1.86. The average Bonchev–Trinajstić information content (AvgIpc) is 2.38. The van der Waals surface area contributed by atoms with Crippen LogP contribution in [-0.4, -0.2) is 22.4 Å². The van der Waals surface area contributed by atoms with E-state index in [1.807, 2.05) is 0 Å². The summed E-state index contributed by atoms with van der Waals surface area (Å²) in [7, 11) is 0. The Bertz CT molecular complexity index is 701. The van der Waals surface area contributed by atoms with Gasteiger partial charge >= 0.3 is 12.3 Å². The number of carbonyl (C=O) groups is 1. The smallest absolute Gasteiger partial charge is 0.481 e. The molecule has 0 spiro atoms. The first kappa shape index (κ1) is 15.7. The summed E-state index contributed by atoms with van der Waals surface area (Å²) in [6.07, 6.45) is -5.30. The Morgan fingerprint density at radius 1 is 1.23 bits per heavy atom. The number of pyridine rings is 1. The second kappa shape index (κ2) is 6.00. The van der Waals surface area contributed by atoms with Gasteiger partial charge in [0.25, 0.3) is 0 Å². The van der Waals surface area contributed by atoms with E-state index in [2.05, 4.69) is 9.72 Å². The molecule has 0 bridgehead atoms. The van der Waals surface area contributed by atoms with Gasteiger partial charge < -0.3 is 9.84 Å². The topological polar surface area (TPSA) is 59.4 Å². The van der Waals surface area contributed by atoms with Crippen molar-refractivity contribution in [2.75, 3.05) is 0 Å². The summed E-state index contributed by atoms with van der Waals surface area (Å²) in [5, 5.41) is 8.82. The Balaban J connectivity index is 2.45. The summed E-state index contributed by atoms with van der Waals surface area (Å²) < 4.78 is 53.7. The van der Waals surface area contributed by atoms with Crippen LogP contribution < -0.4 is 4.74 Å². The van der Waals surface area contributed by atoms with Crippen LogP contribution in [0.25, 0.3) is 11.3 Å². The van der Waals surface area contributed by atoms with Gasteiger partial charge in [0.1, 0.15) is 5.75 Å². The second-order valence-corrected chi connectivity index (χ2v) is 4.29. The largest absolute Gasteiger partial charge is 0.573 e. The van der Waals surface area contributed by atoms with Crippen LogP contribution in [0.1, 0.15) is 5.56 Å². The van der Waals surface area contributed by atoms with Gasteiger partial charge in [0.05, 0.1) is 12.1 Å². The number of carboxylic acids is 1. The summed E-state index contributed by atoms with van der Waals surface area (Å²) >= 11 is 0. The first-order chi connectivity index (χ1) is 10.2. The third-order valence-corrected chi connectivity index (χ3v) is 2.63. The van der Waals surface area contributed by atoms with Gasteiger partial charge in [-0.2, -0.15) is 4.39 Å². The van der Waals surface area contributed by atoms with Crippen LogP contribution in [-0.2, 0) is 11.2 Å². The van der Waals surface area contributed by atoms with Crippen LogP contribution in [0.2, 0.25) is 0 Å². The number of ether oxygens (including phenoxy) is 1. The van der Waals surface area contributed by atoms with Crippen molar-refractivity contribution in [2.45, 2.75) is 12.8 Å². The van der Waals surface area contributed by atoms with Crippen molar-refractivity contribution in [3.8, 4) is 17.0 Å². The third kappa shape index (κ3) is 4.18. The molecule has 1 aromatic heterocycles. The number of aromatic nitrogens is 1. The van der Waals surface area contributed by atoms with Crippen molar-refractivity contribution in [3.63, 3.8) is 0 Å². The van der Waals surface area contributed by atoms with Crippen LogP contribution in [0, 0.1) is 5.95 Å². The maximum absolute atomic E-state index is 13.3. The molecule has 22 heavy (non-hydrogen) atoms. The molecule has 2 rings (SSSR count). The minimum Gasteiger partial charge on any atom is -0.481 e. The Labute approximate surface area is 122 Å². The molecule has 1 heterocycles. The van der Waals surface area contributed by atoms with Crippen molar-refractivity contribution >= 4 is 5.97 Å². The van der Waals surface area contributed by atoms with Crippen molar-refractivity contribution in [1.29, 1.82) is 0 Å². The van der Waals surface area contributed by atoms with Crippen LogP contribution in [0.3, 0.4) is 0 Å². The molecule has 0 atom stereocenters. The van der Waals surface area contributed by atoms with Gasteiger partial charge in [-0.05, 0) is 23.8 Å². The highest BCUT2D eigenvalue weighted by molar-refractivity contribution is 5.75. The Kier molecular flexibility index (Phi) is 4.30. The number of halogens is 4. The summed E-state index contributed by atoms with van der Waals surface area (Å²) in [5.74, 6) is -2.54. The fraction of sp³-hybridized carbons (Fsp3) is 0.143. The van der Waals surface area contributed by atoms with Gasteiger partial charge in [-0.25, -0.2) is 4.98 Å². The molecule has 0 unspecified atom stereocenters. The van der Waals surface area contributed by atoms with E-state index in [1.165, 1.54) is 18.2 Å². The number of benzene rings is 1. The van der Waals surface area contributed by atoms with Crippen LogP contribution in [0.5, 0.6) is 5.75 Å². The maximum Gasteiger partial charge on any atom is 0.573 e. The predicted molar refractivity (Wildman–Crippen MR) is 67.7 cm³/mol. The number of nitrogens with zero attached hydrogens (tertiary/aromatic N) is 1. The van der Waals surface area contributed by atoms with Gasteiger partial charge in [-0.1, -0.05) is 18.2 Å². The zero-order chi connectivity index (χ0) is 16.3. The number of alkyl halides is 3. The van der Waals surface area contributed by atoms with Crippen molar-refractivity contribution < 1.29 is 32.2 Å². The number of rotatable bonds is 4. The molecule has 0 amide bonds. The van der Waals surface area contributed by atoms with Crippen LogP contribution >= 0.6 is 0 Å². The van der Waals surface area contributed by atoms with Gasteiger partial charge in [0, 0.05) is 5.56 Å². The predicted octanol–water partition coefficient (Wildman–Crippen LogP) is 3.41. The third-order valence-electron chi connectivity index (χ3n) is 2.63. The van der Waals surface area contributed by atoms with E-state index in [4.69, 9.17) is 5.11 Å².